The van der Waals surface area contributed by atoms with Crippen molar-refractivity contribution in [2.24, 2.45) is 7.05 Å². The second-order valence-electron chi connectivity index (χ2n) is 4.14. The number of aryl methyl sites for hydroxylation is 1. The molecule has 0 amide bonds. The molecular weight excluding hydrogens is 268 g/mol. The Hall–Kier alpha value is -1.93. The predicted molar refractivity (Wildman–Crippen MR) is 67.8 cm³/mol. The first-order chi connectivity index (χ1) is 8.90. The molecule has 2 rings (SSSR count). The van der Waals surface area contributed by atoms with Gasteiger partial charge < -0.3 is 9.67 Å². The Balaban J connectivity index is 2.22. The fourth-order valence-corrected chi connectivity index (χ4v) is 2.86. The highest BCUT2D eigenvalue weighted by Gasteiger charge is 2.20. The van der Waals surface area contributed by atoms with Crippen LogP contribution in [0.3, 0.4) is 0 Å². The summed E-state index contributed by atoms with van der Waals surface area (Å²) in [7, 11) is -1.92. The highest BCUT2D eigenvalue weighted by Crippen LogP contribution is 2.17. The second-order valence-corrected chi connectivity index (χ2v) is 5.85. The molecular formula is C11H14N4O3S. The molecule has 2 aromatic rings. The Morgan fingerprint density at radius 1 is 1.32 bits per heavy atom. The van der Waals surface area contributed by atoms with E-state index < -0.39 is 16.1 Å². The van der Waals surface area contributed by atoms with Crippen LogP contribution in [0, 0.1) is 0 Å². The summed E-state index contributed by atoms with van der Waals surface area (Å²) in [4.78, 5) is 0.0827. The van der Waals surface area contributed by atoms with Gasteiger partial charge in [-0.25, -0.2) is 13.1 Å². The van der Waals surface area contributed by atoms with Crippen LogP contribution in [0.4, 0.5) is 0 Å². The monoisotopic (exact) mass is 282 g/mol. The van der Waals surface area contributed by atoms with Crippen LogP contribution in [0.2, 0.25) is 0 Å². The topological polar surface area (TPSA) is 97.1 Å². The quantitative estimate of drug-likeness (QED) is 0.854. The standard InChI is InChI=1S/C11H14N4O3S/c1-8(11-13-12-7-15(11)2)14-19(17,18)10-5-3-9(16)4-6-10/h3-8,14,16H,1-2H3. The zero-order valence-corrected chi connectivity index (χ0v) is 11.3. The molecule has 0 fully saturated rings. The van der Waals surface area contributed by atoms with Gasteiger partial charge in [0, 0.05) is 7.05 Å². The summed E-state index contributed by atoms with van der Waals surface area (Å²) in [5, 5.41) is 16.7. The Bertz CT molecular complexity index is 664. The van der Waals surface area contributed by atoms with Gasteiger partial charge >= 0.3 is 0 Å². The first-order valence-electron chi connectivity index (χ1n) is 5.55. The van der Waals surface area contributed by atoms with Gasteiger partial charge in [0.2, 0.25) is 10.0 Å². The first-order valence-corrected chi connectivity index (χ1v) is 7.04. The van der Waals surface area contributed by atoms with E-state index in [1.54, 1.807) is 18.5 Å². The van der Waals surface area contributed by atoms with E-state index in [1.807, 2.05) is 0 Å². The Morgan fingerprint density at radius 3 is 2.47 bits per heavy atom. The van der Waals surface area contributed by atoms with E-state index >= 15 is 0 Å². The number of hydrogen-bond donors (Lipinski definition) is 2. The van der Waals surface area contributed by atoms with Crippen molar-refractivity contribution < 1.29 is 13.5 Å². The summed E-state index contributed by atoms with van der Waals surface area (Å²) in [6, 6.07) is 4.80. The fraction of sp³-hybridized carbons (Fsp3) is 0.273. The number of aromatic nitrogens is 3. The normalized spacial score (nSPS) is 13.4. The molecule has 1 atom stereocenters. The van der Waals surface area contributed by atoms with Gasteiger partial charge in [0.15, 0.2) is 0 Å². The summed E-state index contributed by atoms with van der Waals surface area (Å²) < 4.78 is 28.4. The SMILES string of the molecule is CC(NS(=O)(=O)c1ccc(O)cc1)c1nncn1C. The molecule has 0 radical (unpaired) electrons. The van der Waals surface area contributed by atoms with Crippen molar-refractivity contribution in [2.75, 3.05) is 0 Å². The molecule has 0 bridgehead atoms. The van der Waals surface area contributed by atoms with Crippen LogP contribution < -0.4 is 4.72 Å². The maximum atomic E-state index is 12.1. The third-order valence-electron chi connectivity index (χ3n) is 2.61. The second kappa shape index (κ2) is 4.98. The molecule has 0 spiro atoms. The van der Waals surface area contributed by atoms with Crippen LogP contribution in [0.5, 0.6) is 5.75 Å². The van der Waals surface area contributed by atoms with Crippen LogP contribution in [0.15, 0.2) is 35.5 Å². The number of nitrogens with one attached hydrogen (secondary N) is 1. The molecule has 2 N–H and O–H groups in total. The van der Waals surface area contributed by atoms with Crippen LogP contribution >= 0.6 is 0 Å². The fourth-order valence-electron chi connectivity index (χ4n) is 1.66. The number of sulfonamides is 1. The molecule has 8 heteroatoms. The minimum atomic E-state index is -3.66. The number of aromatic hydroxyl groups is 1. The lowest BCUT2D eigenvalue weighted by atomic mass is 10.3. The van der Waals surface area contributed by atoms with E-state index in [4.69, 9.17) is 5.11 Å². The first kappa shape index (κ1) is 13.5. The molecule has 19 heavy (non-hydrogen) atoms. The van der Waals surface area contributed by atoms with Crippen molar-refractivity contribution in [1.29, 1.82) is 0 Å². The van der Waals surface area contributed by atoms with Crippen molar-refractivity contribution in [3.8, 4) is 5.75 Å². The summed E-state index contributed by atoms with van der Waals surface area (Å²) in [5.74, 6) is 0.530. The van der Waals surface area contributed by atoms with E-state index in [9.17, 15) is 8.42 Å². The lowest BCUT2D eigenvalue weighted by Crippen LogP contribution is -2.28. The van der Waals surface area contributed by atoms with E-state index in [1.165, 1.54) is 30.6 Å². The van der Waals surface area contributed by atoms with E-state index in [2.05, 4.69) is 14.9 Å². The molecule has 7 nitrogen and oxygen atoms in total. The lowest BCUT2D eigenvalue weighted by molar-refractivity contribution is 0.474. The number of nitrogens with zero attached hydrogens (tertiary/aromatic N) is 3. The molecule has 1 unspecified atom stereocenters. The Morgan fingerprint density at radius 2 is 1.95 bits per heavy atom. The highest BCUT2D eigenvalue weighted by molar-refractivity contribution is 7.89. The van der Waals surface area contributed by atoms with Crippen molar-refractivity contribution in [3.63, 3.8) is 0 Å². The van der Waals surface area contributed by atoms with Crippen LogP contribution in [-0.2, 0) is 17.1 Å². The highest BCUT2D eigenvalue weighted by atomic mass is 32.2. The molecule has 102 valence electrons. The van der Waals surface area contributed by atoms with Gasteiger partial charge in [-0.05, 0) is 31.2 Å². The molecule has 0 aliphatic carbocycles. The van der Waals surface area contributed by atoms with Crippen molar-refractivity contribution in [2.45, 2.75) is 17.9 Å². The summed E-state index contributed by atoms with van der Waals surface area (Å²) in [6.45, 7) is 1.68. The van der Waals surface area contributed by atoms with E-state index in [-0.39, 0.29) is 10.6 Å². The van der Waals surface area contributed by atoms with Crippen molar-refractivity contribution >= 4 is 10.0 Å². The molecule has 1 aromatic carbocycles. The zero-order valence-electron chi connectivity index (χ0n) is 10.5. The molecule has 0 aliphatic heterocycles. The van der Waals surface area contributed by atoms with Gasteiger partial charge in [-0.15, -0.1) is 10.2 Å². The van der Waals surface area contributed by atoms with Gasteiger partial charge in [0.1, 0.15) is 17.9 Å². The largest absolute Gasteiger partial charge is 0.508 e. The van der Waals surface area contributed by atoms with Gasteiger partial charge in [-0.3, -0.25) is 0 Å². The van der Waals surface area contributed by atoms with Gasteiger partial charge in [-0.2, -0.15) is 0 Å². The Labute approximate surface area is 111 Å². The summed E-state index contributed by atoms with van der Waals surface area (Å²) in [6.07, 6.45) is 1.50. The minimum absolute atomic E-state index is 0.0142. The average Bonchev–Trinajstić information content (AvgIpc) is 2.75. The van der Waals surface area contributed by atoms with Crippen LogP contribution in [-0.4, -0.2) is 28.3 Å². The van der Waals surface area contributed by atoms with E-state index in [0.29, 0.717) is 5.82 Å². The molecule has 0 saturated heterocycles. The third kappa shape index (κ3) is 2.91. The van der Waals surface area contributed by atoms with Gasteiger partial charge in [0.25, 0.3) is 0 Å². The average molecular weight is 282 g/mol. The van der Waals surface area contributed by atoms with Crippen molar-refractivity contribution in [3.05, 3.63) is 36.4 Å². The number of phenols is 1. The minimum Gasteiger partial charge on any atom is -0.508 e. The maximum absolute atomic E-state index is 12.1. The molecule has 0 aliphatic rings. The number of rotatable bonds is 4. The predicted octanol–water partition coefficient (Wildman–Crippen LogP) is 0.560. The molecule has 1 heterocycles. The molecule has 1 aromatic heterocycles. The van der Waals surface area contributed by atoms with Gasteiger partial charge in [0.05, 0.1) is 10.9 Å². The number of benzene rings is 1. The summed E-state index contributed by atoms with van der Waals surface area (Å²) >= 11 is 0. The van der Waals surface area contributed by atoms with Crippen LogP contribution in [0.1, 0.15) is 18.8 Å². The van der Waals surface area contributed by atoms with Crippen molar-refractivity contribution in [1.82, 2.24) is 19.5 Å². The van der Waals surface area contributed by atoms with Gasteiger partial charge in [-0.1, -0.05) is 0 Å². The van der Waals surface area contributed by atoms with Crippen LogP contribution in [0.25, 0.3) is 0 Å². The smallest absolute Gasteiger partial charge is 0.241 e. The number of phenolic OH excluding ortho intramolecular Hbond substituents is 1. The Kier molecular flexibility index (Phi) is 3.54. The zero-order chi connectivity index (χ0) is 14.0. The lowest BCUT2D eigenvalue weighted by Gasteiger charge is -2.13. The summed E-state index contributed by atoms with van der Waals surface area (Å²) in [5.41, 5.74) is 0. The van der Waals surface area contributed by atoms with E-state index in [0.717, 1.165) is 0 Å². The maximum Gasteiger partial charge on any atom is 0.241 e. The molecule has 0 saturated carbocycles. The number of hydrogen-bond acceptors (Lipinski definition) is 5. The third-order valence-corrected chi connectivity index (χ3v) is 4.17.